The minimum Gasteiger partial charge on any atom is -0.327 e. The summed E-state index contributed by atoms with van der Waals surface area (Å²) >= 11 is 0. The molecular weight excluding hydrogens is 1120 g/mol. The van der Waals surface area contributed by atoms with Gasteiger partial charge in [-0.25, -0.2) is 0 Å². The molecule has 15 heteroatoms. The Bertz CT molecular complexity index is 192. The third kappa shape index (κ3) is 260. The van der Waals surface area contributed by atoms with Crippen molar-refractivity contribution in [3.05, 3.63) is 0 Å². The van der Waals surface area contributed by atoms with Gasteiger partial charge in [-0.15, -0.1) is 0 Å². The number of rotatable bonds is 14. The average Bonchev–Trinajstić information content (AvgIpc) is 2.58. The van der Waals surface area contributed by atoms with E-state index in [4.69, 9.17) is 0 Å². The quantitative estimate of drug-likeness (QED) is 0.124. The normalized spacial score (nSPS) is 4.33. The van der Waals surface area contributed by atoms with Crippen molar-refractivity contribution in [2.75, 3.05) is 19.3 Å². The zero-order chi connectivity index (χ0) is 18.9. The van der Waals surface area contributed by atoms with Gasteiger partial charge in [0.2, 0.25) is 0 Å². The Morgan fingerprint density at radius 2 is 0.367 bits per heavy atom. The Morgan fingerprint density at radius 1 is 0.245 bits per heavy atom. The summed E-state index contributed by atoms with van der Waals surface area (Å²) in [5.41, 5.74) is 0. The summed E-state index contributed by atoms with van der Waals surface area (Å²) in [6.45, 7) is 14.7. The molecule has 0 unspecified atom stereocenters. The molecular formula is C34H111B7NY7. The molecule has 0 rings (SSSR count). The van der Waals surface area contributed by atoms with Gasteiger partial charge in [-0.05, 0) is 19.3 Å². The van der Waals surface area contributed by atoms with E-state index in [0.29, 0.717) is 0 Å². The van der Waals surface area contributed by atoms with Gasteiger partial charge >= 0.3 is 0 Å². The van der Waals surface area contributed by atoms with Crippen LogP contribution in [0.2, 0.25) is 73.0 Å². The molecule has 0 fully saturated rings. The summed E-state index contributed by atoms with van der Waals surface area (Å²) < 4.78 is 0. The van der Waals surface area contributed by atoms with Gasteiger partial charge < -0.3 is 4.90 Å². The summed E-state index contributed by atoms with van der Waals surface area (Å²) in [4.78, 5) is 2.38. The van der Waals surface area contributed by atoms with Gasteiger partial charge in [0.15, 0.2) is 0 Å². The van der Waals surface area contributed by atoms with E-state index in [1.54, 1.807) is 0 Å². The van der Waals surface area contributed by atoms with Crippen molar-refractivity contribution in [3.63, 3.8) is 0 Å². The van der Waals surface area contributed by atoms with E-state index in [2.05, 4.69) is 104 Å². The Balaban J connectivity index is -0.00000000417. The second kappa shape index (κ2) is 232. The Kier molecular flexibility index (Phi) is 1000. The van der Waals surface area contributed by atoms with E-state index in [1.807, 2.05) is 0 Å². The average molecular weight is 1230 g/mol. The van der Waals surface area contributed by atoms with Crippen LogP contribution in [0, 0.1) is 0 Å². The summed E-state index contributed by atoms with van der Waals surface area (Å²) in [5.74, 6) is 0. The molecule has 0 aromatic carbocycles. The summed E-state index contributed by atoms with van der Waals surface area (Å²) in [6, 6.07) is 0. The molecule has 0 heterocycles. The molecule has 0 aromatic rings. The van der Waals surface area contributed by atoms with Crippen LogP contribution in [-0.4, -0.2) is 75.2 Å². The predicted octanol–water partition coefficient (Wildman–Crippen LogP) is 15.3. The molecule has 0 atom stereocenters. The molecule has 1 nitrogen and oxygen atoms in total. The van der Waals surface area contributed by atoms with Crippen LogP contribution in [0.3, 0.4) is 0 Å². The first-order valence-corrected chi connectivity index (χ1v) is 9.85. The fourth-order valence-corrected chi connectivity index (χ4v) is 2.05. The minimum absolute atomic E-state index is 0. The Hall–Kier alpha value is 8.14. The van der Waals surface area contributed by atoms with Crippen molar-refractivity contribution >= 4 is 51.0 Å². The second-order valence-electron chi connectivity index (χ2n) is 5.94. The molecule has 294 valence electrons. The Morgan fingerprint density at radius 3 is 0.449 bits per heavy atom. The summed E-state index contributed by atoms with van der Waals surface area (Å²) in [6.07, 6.45) is 11.0. The van der Waals surface area contributed by atoms with Crippen molar-refractivity contribution in [1.29, 1.82) is 0 Å². The largest absolute Gasteiger partial charge is 0.327 e. The van der Waals surface area contributed by atoms with Crippen LogP contribution in [0.1, 0.15) is 147 Å². The van der Waals surface area contributed by atoms with Crippen LogP contribution in [0.5, 0.6) is 0 Å². The van der Waals surface area contributed by atoms with Crippen LogP contribution in [0.15, 0.2) is 0 Å². The van der Waals surface area contributed by atoms with Crippen molar-refractivity contribution in [2.24, 2.45) is 0 Å². The van der Waals surface area contributed by atoms with E-state index < -0.39 is 0 Å². The molecule has 0 spiro atoms. The number of hydrogen-bond donors (Lipinski definition) is 0. The number of hydrogen-bond acceptors (Lipinski definition) is 1. The summed E-state index contributed by atoms with van der Waals surface area (Å²) in [7, 11) is 15.4. The van der Waals surface area contributed by atoms with Gasteiger partial charge in [0, 0.05) is 229 Å². The van der Waals surface area contributed by atoms with Crippen molar-refractivity contribution in [2.45, 2.75) is 220 Å². The van der Waals surface area contributed by atoms with Gasteiger partial charge in [0.25, 0.3) is 0 Å². The second-order valence-corrected chi connectivity index (χ2v) is 5.94. The molecule has 49 heavy (non-hydrogen) atoms. The molecule has 0 aliphatic heterocycles. The zero-order valence-corrected chi connectivity index (χ0v) is 41.8. The molecule has 0 amide bonds. The third-order valence-electron chi connectivity index (χ3n) is 3.29. The van der Waals surface area contributed by atoms with Crippen molar-refractivity contribution in [1.82, 2.24) is 4.90 Å². The fraction of sp³-hybridized carbons (Fsp3) is 1.00. The molecule has 0 saturated heterocycles. The van der Waals surface area contributed by atoms with Gasteiger partial charge in [0.05, 0.1) is 0 Å². The van der Waals surface area contributed by atoms with Gasteiger partial charge in [-0.3, -0.25) is 0 Å². The van der Waals surface area contributed by atoms with Crippen LogP contribution in [-0.2, 0) is 229 Å². The van der Waals surface area contributed by atoms with Gasteiger partial charge in [-0.2, -0.15) is 0 Å². The van der Waals surface area contributed by atoms with Crippen LogP contribution >= 0.6 is 0 Å². The molecule has 0 aliphatic rings. The topological polar surface area (TPSA) is 3.24 Å². The van der Waals surface area contributed by atoms with E-state index >= 15 is 0 Å². The number of nitrogens with zero attached hydrogens (tertiary/aromatic N) is 1. The third-order valence-corrected chi connectivity index (χ3v) is 3.29. The molecule has 14 radical (unpaired) electrons. The summed E-state index contributed by atoms with van der Waals surface area (Å²) in [5, 5.41) is 0. The molecule has 0 saturated carbocycles. The monoisotopic (exact) mass is 1230 g/mol. The van der Waals surface area contributed by atoms with Crippen molar-refractivity contribution < 1.29 is 229 Å². The minimum atomic E-state index is 0. The maximum atomic E-state index is 2.38. The maximum Gasteiger partial charge on any atom is 0.125 e. The van der Waals surface area contributed by atoms with Crippen molar-refractivity contribution in [3.8, 4) is 0 Å². The maximum absolute atomic E-state index is 2.38. The molecule has 0 bridgehead atoms. The van der Waals surface area contributed by atoms with E-state index in [9.17, 15) is 0 Å². The zero-order valence-electron chi connectivity index (χ0n) is 21.9. The molecule has 0 aliphatic carbocycles. The van der Waals surface area contributed by atoms with Gasteiger partial charge in [0.1, 0.15) is 51.0 Å². The Labute approximate surface area is 513 Å². The van der Waals surface area contributed by atoms with Gasteiger partial charge in [-0.1, -0.05) is 220 Å². The first kappa shape index (κ1) is 212. The van der Waals surface area contributed by atoms with Crippen LogP contribution in [0.4, 0.5) is 0 Å². The van der Waals surface area contributed by atoms with Crippen LogP contribution < -0.4 is 0 Å². The fourth-order valence-electron chi connectivity index (χ4n) is 2.05. The molecule has 0 aromatic heterocycles. The van der Waals surface area contributed by atoms with E-state index in [0.717, 1.165) is 19.3 Å². The smallest absolute Gasteiger partial charge is 0.125 e. The SMILES string of the molecule is C.C.C.C.C.C.C.C.C.C.C.C.C.C.C.C.C.C.C[B]CCC[B]C.C[B]CCC[B]C.C[B]CN(C[B]C)C[B]C.[Y].[Y].[Y].[Y].[Y].[Y].[Y]. The van der Waals surface area contributed by atoms with E-state index in [-0.39, 0.29) is 363 Å². The van der Waals surface area contributed by atoms with E-state index in [1.165, 1.54) is 38.1 Å². The first-order valence-electron chi connectivity index (χ1n) is 9.85. The standard InChI is InChI=1S/C6H15B3N.2C5H12B2.18CH4.7Y/c1-7-4-10(5-8-2)6-9-3;2*1-6-4-3-5-7-2;;;;;;;;;;;;;;;;;;;;;;;;;/h4-6H2,1-3H3;2*3-5H2,1-2H3;18*1H4;;;;;;;. The predicted molar refractivity (Wildman–Crippen MR) is 247 cm³/mol. The molecule has 0 N–H and O–H groups in total. The van der Waals surface area contributed by atoms with Crippen LogP contribution in [0.25, 0.3) is 0 Å². The first-order chi connectivity index (χ1) is 11.7.